The molecule has 0 heterocycles. The van der Waals surface area contributed by atoms with E-state index < -0.39 is 5.97 Å². The highest BCUT2D eigenvalue weighted by Gasteiger charge is 2.15. The van der Waals surface area contributed by atoms with Crippen molar-refractivity contribution in [3.63, 3.8) is 0 Å². The van der Waals surface area contributed by atoms with Crippen molar-refractivity contribution in [2.45, 2.75) is 20.0 Å². The molecule has 30 heavy (non-hydrogen) atoms. The van der Waals surface area contributed by atoms with E-state index in [0.29, 0.717) is 18.8 Å². The zero-order chi connectivity index (χ0) is 21.2. The fourth-order valence-corrected chi connectivity index (χ4v) is 3.12. The number of carbonyl (C=O) groups excluding carboxylic acids is 2. The van der Waals surface area contributed by atoms with Gasteiger partial charge in [0.15, 0.2) is 6.61 Å². The lowest BCUT2D eigenvalue weighted by atomic mass is 10.1. The molecule has 0 saturated heterocycles. The number of hydrogen-bond acceptors (Lipinski definition) is 4. The zero-order valence-electron chi connectivity index (χ0n) is 17.1. The maximum absolute atomic E-state index is 12.4. The van der Waals surface area contributed by atoms with Gasteiger partial charge in [0.25, 0.3) is 5.91 Å². The summed E-state index contributed by atoms with van der Waals surface area (Å²) in [5.74, 6) is -0.780. The molecule has 0 aliphatic heterocycles. The predicted molar refractivity (Wildman–Crippen MR) is 118 cm³/mol. The van der Waals surface area contributed by atoms with E-state index in [4.69, 9.17) is 4.74 Å². The van der Waals surface area contributed by atoms with Crippen LogP contribution in [0.5, 0.6) is 0 Å². The number of ether oxygens (including phenoxy) is 1. The second-order valence-corrected chi connectivity index (χ2v) is 7.14. The van der Waals surface area contributed by atoms with Crippen LogP contribution in [-0.2, 0) is 27.4 Å². The summed E-state index contributed by atoms with van der Waals surface area (Å²) >= 11 is 0. The first kappa shape index (κ1) is 21.3. The molecule has 0 aliphatic carbocycles. The van der Waals surface area contributed by atoms with Crippen LogP contribution in [0, 0.1) is 6.92 Å². The van der Waals surface area contributed by atoms with Gasteiger partial charge in [0.1, 0.15) is 0 Å². The Morgan fingerprint density at radius 3 is 1.90 bits per heavy atom. The summed E-state index contributed by atoms with van der Waals surface area (Å²) in [6.07, 6.45) is 0. The molecule has 5 heteroatoms. The van der Waals surface area contributed by atoms with Crippen molar-refractivity contribution in [3.05, 3.63) is 102 Å². The van der Waals surface area contributed by atoms with Gasteiger partial charge >= 0.3 is 5.97 Å². The second kappa shape index (κ2) is 10.9. The van der Waals surface area contributed by atoms with Gasteiger partial charge in [-0.1, -0.05) is 78.9 Å². The van der Waals surface area contributed by atoms with Crippen molar-refractivity contribution in [3.8, 4) is 0 Å². The van der Waals surface area contributed by atoms with Gasteiger partial charge in [-0.05, 0) is 29.7 Å². The highest BCUT2D eigenvalue weighted by atomic mass is 16.5. The quantitative estimate of drug-likeness (QED) is 0.546. The Bertz CT molecular complexity index is 917. The number of para-hydroxylation sites is 1. The first-order valence-electron chi connectivity index (χ1n) is 9.91. The van der Waals surface area contributed by atoms with Crippen LogP contribution in [0.4, 0.5) is 5.69 Å². The van der Waals surface area contributed by atoms with E-state index in [0.717, 1.165) is 16.7 Å². The highest BCUT2D eigenvalue weighted by molar-refractivity contribution is 5.93. The Balaban J connectivity index is 1.55. The van der Waals surface area contributed by atoms with Crippen LogP contribution in [0.3, 0.4) is 0 Å². The number of hydrogen-bond donors (Lipinski definition) is 1. The van der Waals surface area contributed by atoms with Gasteiger partial charge in [-0.25, -0.2) is 0 Å². The molecule has 0 bridgehead atoms. The van der Waals surface area contributed by atoms with E-state index in [-0.39, 0.29) is 19.1 Å². The normalized spacial score (nSPS) is 10.6. The van der Waals surface area contributed by atoms with Gasteiger partial charge < -0.3 is 10.1 Å². The molecule has 5 nitrogen and oxygen atoms in total. The number of nitrogens with zero attached hydrogens (tertiary/aromatic N) is 1. The lowest BCUT2D eigenvalue weighted by molar-refractivity contribution is -0.148. The summed E-state index contributed by atoms with van der Waals surface area (Å²) < 4.78 is 5.23. The van der Waals surface area contributed by atoms with Crippen LogP contribution in [0.15, 0.2) is 84.9 Å². The molecule has 1 amide bonds. The lowest BCUT2D eigenvalue weighted by Crippen LogP contribution is -2.32. The van der Waals surface area contributed by atoms with Gasteiger partial charge in [-0.2, -0.15) is 0 Å². The van der Waals surface area contributed by atoms with Gasteiger partial charge in [-0.15, -0.1) is 0 Å². The molecule has 1 N–H and O–H groups in total. The predicted octanol–water partition coefficient (Wildman–Crippen LogP) is 4.18. The van der Waals surface area contributed by atoms with E-state index in [9.17, 15) is 9.59 Å². The molecule has 0 radical (unpaired) electrons. The number of esters is 1. The van der Waals surface area contributed by atoms with Crippen LogP contribution in [0.2, 0.25) is 0 Å². The van der Waals surface area contributed by atoms with E-state index in [2.05, 4.69) is 5.32 Å². The van der Waals surface area contributed by atoms with Gasteiger partial charge in [0.2, 0.25) is 0 Å². The van der Waals surface area contributed by atoms with Crippen molar-refractivity contribution < 1.29 is 14.3 Å². The molecule has 0 unspecified atom stereocenters. The third-order valence-corrected chi connectivity index (χ3v) is 4.63. The minimum atomic E-state index is -0.429. The van der Waals surface area contributed by atoms with Crippen LogP contribution < -0.4 is 5.32 Å². The number of anilines is 1. The molecule has 0 atom stereocenters. The number of amides is 1. The largest absolute Gasteiger partial charge is 0.455 e. The Morgan fingerprint density at radius 2 is 1.33 bits per heavy atom. The van der Waals surface area contributed by atoms with Crippen molar-refractivity contribution >= 4 is 17.6 Å². The summed E-state index contributed by atoms with van der Waals surface area (Å²) in [7, 11) is 0. The summed E-state index contributed by atoms with van der Waals surface area (Å²) in [5.41, 5.74) is 3.89. The summed E-state index contributed by atoms with van der Waals surface area (Å²) in [5, 5.41) is 2.77. The number of aryl methyl sites for hydroxylation is 1. The summed E-state index contributed by atoms with van der Waals surface area (Å²) in [6.45, 7) is 2.92. The fraction of sp³-hybridized carbons (Fsp3) is 0.200. The molecule has 3 aromatic carbocycles. The third kappa shape index (κ3) is 6.87. The molecular weight excluding hydrogens is 376 g/mol. The van der Waals surface area contributed by atoms with Gasteiger partial charge in [0.05, 0.1) is 6.54 Å². The Hall–Kier alpha value is -3.44. The summed E-state index contributed by atoms with van der Waals surface area (Å²) in [4.78, 5) is 26.6. The SMILES string of the molecule is Cc1ccccc1NC(=O)COC(=O)CN(Cc1ccccc1)Cc1ccccc1. The average molecular weight is 402 g/mol. The molecule has 154 valence electrons. The zero-order valence-corrected chi connectivity index (χ0v) is 17.1. The van der Waals surface area contributed by atoms with Crippen LogP contribution in [-0.4, -0.2) is 29.9 Å². The maximum Gasteiger partial charge on any atom is 0.320 e. The fourth-order valence-electron chi connectivity index (χ4n) is 3.12. The van der Waals surface area contributed by atoms with Crippen LogP contribution >= 0.6 is 0 Å². The van der Waals surface area contributed by atoms with E-state index in [1.54, 1.807) is 0 Å². The van der Waals surface area contributed by atoms with Crippen molar-refractivity contribution in [1.82, 2.24) is 4.90 Å². The molecular formula is C25H26N2O3. The minimum Gasteiger partial charge on any atom is -0.455 e. The first-order valence-corrected chi connectivity index (χ1v) is 9.91. The second-order valence-electron chi connectivity index (χ2n) is 7.14. The molecule has 0 saturated carbocycles. The smallest absolute Gasteiger partial charge is 0.320 e. The van der Waals surface area contributed by atoms with E-state index in [1.165, 1.54) is 0 Å². The highest BCUT2D eigenvalue weighted by Crippen LogP contribution is 2.13. The lowest BCUT2D eigenvalue weighted by Gasteiger charge is -2.21. The van der Waals surface area contributed by atoms with E-state index in [1.807, 2.05) is 96.8 Å². The number of rotatable bonds is 9. The van der Waals surface area contributed by atoms with Gasteiger partial charge in [0, 0.05) is 18.8 Å². The topological polar surface area (TPSA) is 58.6 Å². The van der Waals surface area contributed by atoms with Gasteiger partial charge in [-0.3, -0.25) is 14.5 Å². The van der Waals surface area contributed by atoms with Crippen molar-refractivity contribution in [2.24, 2.45) is 0 Å². The van der Waals surface area contributed by atoms with Crippen molar-refractivity contribution in [2.75, 3.05) is 18.5 Å². The van der Waals surface area contributed by atoms with E-state index >= 15 is 0 Å². The molecule has 3 rings (SSSR count). The Kier molecular flexibility index (Phi) is 7.75. The number of benzene rings is 3. The molecule has 0 fully saturated rings. The third-order valence-electron chi connectivity index (χ3n) is 4.63. The first-order chi connectivity index (χ1) is 14.6. The van der Waals surface area contributed by atoms with Crippen LogP contribution in [0.1, 0.15) is 16.7 Å². The average Bonchev–Trinajstić information content (AvgIpc) is 2.75. The number of carbonyl (C=O) groups is 2. The standard InChI is InChI=1S/C25H26N2O3/c1-20-10-8-9-15-23(20)26-24(28)19-30-25(29)18-27(16-21-11-4-2-5-12-21)17-22-13-6-3-7-14-22/h2-15H,16-19H2,1H3,(H,26,28). The monoisotopic (exact) mass is 402 g/mol. The molecule has 0 aromatic heterocycles. The molecule has 0 spiro atoms. The Labute approximate surface area is 177 Å². The Morgan fingerprint density at radius 1 is 0.800 bits per heavy atom. The molecule has 0 aliphatic rings. The maximum atomic E-state index is 12.4. The summed E-state index contributed by atoms with van der Waals surface area (Å²) in [6, 6.07) is 27.4. The van der Waals surface area contributed by atoms with Crippen molar-refractivity contribution in [1.29, 1.82) is 0 Å². The molecule has 3 aromatic rings. The minimum absolute atomic E-state index is 0.0986. The number of nitrogens with one attached hydrogen (secondary N) is 1. The van der Waals surface area contributed by atoms with Crippen LogP contribution in [0.25, 0.3) is 0 Å².